The number of anilines is 1. The second kappa shape index (κ2) is 10.4. The summed E-state index contributed by atoms with van der Waals surface area (Å²) in [5, 5.41) is 2.89. The molecule has 6 nitrogen and oxygen atoms in total. The van der Waals surface area contributed by atoms with Gasteiger partial charge in [0.25, 0.3) is 5.91 Å². The number of rotatable bonds is 7. The predicted molar refractivity (Wildman–Crippen MR) is 130 cm³/mol. The Morgan fingerprint density at radius 3 is 2.78 bits per heavy atom. The van der Waals surface area contributed by atoms with Crippen LogP contribution < -0.4 is 10.2 Å². The lowest BCUT2D eigenvalue weighted by Crippen LogP contribution is -2.43. The van der Waals surface area contributed by atoms with Gasteiger partial charge in [0.15, 0.2) is 0 Å². The van der Waals surface area contributed by atoms with Crippen LogP contribution in [0, 0.1) is 0 Å². The Morgan fingerprint density at radius 1 is 1.16 bits per heavy atom. The van der Waals surface area contributed by atoms with Crippen LogP contribution >= 0.6 is 27.7 Å². The van der Waals surface area contributed by atoms with Gasteiger partial charge in [-0.1, -0.05) is 52.0 Å². The van der Waals surface area contributed by atoms with Crippen LogP contribution in [0.15, 0.2) is 62.8 Å². The third-order valence-electron chi connectivity index (χ3n) is 5.38. The van der Waals surface area contributed by atoms with Crippen molar-refractivity contribution >= 4 is 57.2 Å². The molecule has 8 heteroatoms. The minimum Gasteiger partial charge on any atom is -0.354 e. The van der Waals surface area contributed by atoms with Crippen LogP contribution in [-0.2, 0) is 14.4 Å². The highest BCUT2D eigenvalue weighted by atomic mass is 79.9. The van der Waals surface area contributed by atoms with Gasteiger partial charge < -0.3 is 10.2 Å². The maximum Gasteiger partial charge on any atom is 0.265 e. The van der Waals surface area contributed by atoms with Crippen molar-refractivity contribution < 1.29 is 14.4 Å². The lowest BCUT2D eigenvalue weighted by atomic mass is 10.2. The number of amides is 3. The second-order valence-electron chi connectivity index (χ2n) is 7.71. The number of carbonyl (C=O) groups excluding carboxylic acids is 3. The van der Waals surface area contributed by atoms with Crippen molar-refractivity contribution in [3.8, 4) is 0 Å². The molecule has 1 N–H and O–H groups in total. The maximum atomic E-state index is 13.3. The van der Waals surface area contributed by atoms with E-state index in [-0.39, 0.29) is 24.3 Å². The molecule has 2 heterocycles. The molecule has 2 aliphatic heterocycles. The lowest BCUT2D eigenvalue weighted by Gasteiger charge is -2.29. The molecular formula is C24H24BrN3O3S. The first-order valence-corrected chi connectivity index (χ1v) is 12.2. The molecule has 0 unspecified atom stereocenters. The van der Waals surface area contributed by atoms with E-state index in [9.17, 15) is 14.4 Å². The molecule has 32 heavy (non-hydrogen) atoms. The second-order valence-corrected chi connectivity index (χ2v) is 9.71. The summed E-state index contributed by atoms with van der Waals surface area (Å²) >= 11 is 4.88. The summed E-state index contributed by atoms with van der Waals surface area (Å²) in [5.74, 6) is -0.213. The van der Waals surface area contributed by atoms with Gasteiger partial charge in [-0.05, 0) is 48.7 Å². The largest absolute Gasteiger partial charge is 0.354 e. The van der Waals surface area contributed by atoms with E-state index >= 15 is 0 Å². The van der Waals surface area contributed by atoms with Crippen LogP contribution in [0.5, 0.6) is 0 Å². The molecule has 1 saturated heterocycles. The molecule has 2 aliphatic rings. The highest BCUT2D eigenvalue weighted by molar-refractivity contribution is 9.10. The zero-order valence-corrected chi connectivity index (χ0v) is 20.0. The molecule has 4 rings (SSSR count). The van der Waals surface area contributed by atoms with Crippen LogP contribution in [0.4, 0.5) is 5.69 Å². The van der Waals surface area contributed by atoms with E-state index in [1.54, 1.807) is 0 Å². The fourth-order valence-corrected chi connectivity index (χ4v) is 5.28. The fraction of sp³-hybridized carbons (Fsp3) is 0.292. The molecule has 2 aromatic carbocycles. The van der Waals surface area contributed by atoms with Crippen molar-refractivity contribution in [1.29, 1.82) is 0 Å². The minimum absolute atomic E-state index is 0.0468. The molecular weight excluding hydrogens is 490 g/mol. The molecule has 0 aliphatic carbocycles. The van der Waals surface area contributed by atoms with Crippen LogP contribution in [-0.4, -0.2) is 48.8 Å². The van der Waals surface area contributed by atoms with Crippen molar-refractivity contribution in [2.24, 2.45) is 0 Å². The fourth-order valence-electron chi connectivity index (χ4n) is 3.80. The van der Waals surface area contributed by atoms with Crippen molar-refractivity contribution in [3.63, 3.8) is 0 Å². The summed E-state index contributed by atoms with van der Waals surface area (Å²) < 4.78 is 0.937. The molecule has 0 aromatic heterocycles. The van der Waals surface area contributed by atoms with Crippen molar-refractivity contribution in [2.45, 2.75) is 24.2 Å². The number of nitrogens with one attached hydrogen (secondary N) is 1. The van der Waals surface area contributed by atoms with Gasteiger partial charge in [-0.3, -0.25) is 19.3 Å². The Morgan fingerprint density at radius 2 is 2.00 bits per heavy atom. The summed E-state index contributed by atoms with van der Waals surface area (Å²) in [5.41, 5.74) is 1.65. The average molecular weight is 514 g/mol. The Hall–Kier alpha value is -2.58. The minimum atomic E-state index is -0.213. The normalized spacial score (nSPS) is 17.1. The van der Waals surface area contributed by atoms with Gasteiger partial charge in [0.1, 0.15) is 6.54 Å². The number of thioether (sulfide) groups is 1. The van der Waals surface area contributed by atoms with Gasteiger partial charge >= 0.3 is 0 Å². The average Bonchev–Trinajstić information content (AvgIpc) is 3.19. The molecule has 0 spiro atoms. The quantitative estimate of drug-likeness (QED) is 0.447. The smallest absolute Gasteiger partial charge is 0.265 e. The highest BCUT2D eigenvalue weighted by Gasteiger charge is 2.30. The van der Waals surface area contributed by atoms with Crippen LogP contribution in [0.2, 0.25) is 0 Å². The maximum absolute atomic E-state index is 13.3. The van der Waals surface area contributed by atoms with E-state index in [4.69, 9.17) is 0 Å². The number of nitrogens with zero attached hydrogens (tertiary/aromatic N) is 2. The first-order valence-electron chi connectivity index (χ1n) is 10.6. The number of para-hydroxylation sites is 1. The van der Waals surface area contributed by atoms with E-state index < -0.39 is 0 Å². The van der Waals surface area contributed by atoms with Gasteiger partial charge in [0, 0.05) is 35.4 Å². The summed E-state index contributed by atoms with van der Waals surface area (Å²) in [4.78, 5) is 42.4. The molecule has 0 saturated carbocycles. The predicted octanol–water partition coefficient (Wildman–Crippen LogP) is 4.06. The summed E-state index contributed by atoms with van der Waals surface area (Å²) in [7, 11) is 0. The summed E-state index contributed by atoms with van der Waals surface area (Å²) in [6, 6.07) is 15.4. The van der Waals surface area contributed by atoms with Crippen molar-refractivity contribution in [2.75, 3.05) is 31.1 Å². The van der Waals surface area contributed by atoms with E-state index in [1.807, 2.05) is 59.5 Å². The Balaban J connectivity index is 1.42. The molecule has 0 radical (unpaired) electrons. The molecule has 3 amide bonds. The number of carbonyl (C=O) groups is 3. The van der Waals surface area contributed by atoms with E-state index in [2.05, 4.69) is 21.2 Å². The van der Waals surface area contributed by atoms with Crippen LogP contribution in [0.1, 0.15) is 24.8 Å². The zero-order valence-electron chi connectivity index (χ0n) is 17.6. The monoisotopic (exact) mass is 513 g/mol. The third-order valence-corrected chi connectivity index (χ3v) is 6.95. The number of hydrogen-bond acceptors (Lipinski definition) is 4. The number of halogens is 1. The van der Waals surface area contributed by atoms with Gasteiger partial charge in [-0.2, -0.15) is 0 Å². The molecule has 166 valence electrons. The lowest BCUT2D eigenvalue weighted by molar-refractivity contribution is -0.127. The van der Waals surface area contributed by atoms with Crippen LogP contribution in [0.25, 0.3) is 6.08 Å². The Kier molecular flexibility index (Phi) is 7.32. The Bertz CT molecular complexity index is 1070. The zero-order chi connectivity index (χ0) is 22.5. The third kappa shape index (κ3) is 5.42. The molecule has 2 aromatic rings. The standard InChI is InChI=1S/C24H24BrN3O3S/c25-18-7-3-6-17(14-18)15-21-24(31)28(19-8-1-2-9-20(19)32-21)16-22(29)26-11-5-13-27-12-4-10-23(27)30/h1-3,6-9,14-15H,4-5,10-13,16H2,(H,26,29)/b21-15+. The molecule has 0 bridgehead atoms. The highest BCUT2D eigenvalue weighted by Crippen LogP contribution is 2.42. The Labute approximate surface area is 200 Å². The molecule has 1 fully saturated rings. The van der Waals surface area contributed by atoms with Crippen LogP contribution in [0.3, 0.4) is 0 Å². The van der Waals surface area contributed by atoms with Gasteiger partial charge in [-0.25, -0.2) is 0 Å². The van der Waals surface area contributed by atoms with E-state index in [0.717, 1.165) is 33.6 Å². The van der Waals surface area contributed by atoms with Gasteiger partial charge in [-0.15, -0.1) is 0 Å². The van der Waals surface area contributed by atoms with Crippen molar-refractivity contribution in [3.05, 3.63) is 63.5 Å². The van der Waals surface area contributed by atoms with E-state index in [1.165, 1.54) is 16.7 Å². The van der Waals surface area contributed by atoms with E-state index in [0.29, 0.717) is 30.8 Å². The number of hydrogen-bond donors (Lipinski definition) is 1. The molecule has 0 atom stereocenters. The van der Waals surface area contributed by atoms with Crippen molar-refractivity contribution in [1.82, 2.24) is 10.2 Å². The number of fused-ring (bicyclic) bond motifs is 1. The van der Waals surface area contributed by atoms with Gasteiger partial charge in [0.05, 0.1) is 10.6 Å². The number of likely N-dealkylation sites (tertiary alicyclic amines) is 1. The first kappa shape index (κ1) is 22.6. The SMILES string of the molecule is O=C(CN1C(=O)/C(=C\c2cccc(Br)c2)Sc2ccccc21)NCCCN1CCCC1=O. The van der Waals surface area contributed by atoms with Gasteiger partial charge in [0.2, 0.25) is 11.8 Å². The summed E-state index contributed by atoms with van der Waals surface area (Å²) in [6.07, 6.45) is 4.09. The topological polar surface area (TPSA) is 69.7 Å². The number of benzene rings is 2. The summed E-state index contributed by atoms with van der Waals surface area (Å²) in [6.45, 7) is 1.88. The first-order chi connectivity index (χ1) is 15.5.